The highest BCUT2D eigenvalue weighted by Crippen LogP contribution is 2.17. The lowest BCUT2D eigenvalue weighted by molar-refractivity contribution is 0.0955. The molecule has 0 unspecified atom stereocenters. The van der Waals surface area contributed by atoms with Crippen molar-refractivity contribution in [2.75, 3.05) is 18.9 Å². The van der Waals surface area contributed by atoms with Crippen LogP contribution in [0.2, 0.25) is 0 Å². The van der Waals surface area contributed by atoms with Gasteiger partial charge in [0.2, 0.25) is 5.88 Å². The van der Waals surface area contributed by atoms with Gasteiger partial charge in [0.1, 0.15) is 0 Å². The standard InChI is InChI=1S/C17H20N2O2S/c1-3-21-16-12-14(8-9-18-16)17(20)19-10-11-22-15-6-4-13(2)5-7-15/h4-9,12H,3,10-11H2,1-2H3,(H,19,20). The van der Waals surface area contributed by atoms with Gasteiger partial charge in [-0.1, -0.05) is 17.7 Å². The third-order valence-electron chi connectivity index (χ3n) is 2.97. The van der Waals surface area contributed by atoms with Crippen LogP contribution in [0.4, 0.5) is 0 Å². The predicted octanol–water partition coefficient (Wildman–Crippen LogP) is 3.31. The van der Waals surface area contributed by atoms with Crippen LogP contribution in [0.15, 0.2) is 47.5 Å². The molecule has 0 aliphatic rings. The molecule has 0 aliphatic carbocycles. The zero-order chi connectivity index (χ0) is 15.8. The van der Waals surface area contributed by atoms with Crippen LogP contribution in [-0.4, -0.2) is 29.8 Å². The Balaban J connectivity index is 1.77. The minimum Gasteiger partial charge on any atom is -0.478 e. The number of hydrogen-bond donors (Lipinski definition) is 1. The highest BCUT2D eigenvalue weighted by atomic mass is 32.2. The number of amides is 1. The van der Waals surface area contributed by atoms with Gasteiger partial charge in [-0.05, 0) is 32.0 Å². The number of ether oxygens (including phenoxy) is 1. The Kier molecular flexibility index (Phi) is 6.27. The molecule has 4 nitrogen and oxygen atoms in total. The SMILES string of the molecule is CCOc1cc(C(=O)NCCSc2ccc(C)cc2)ccn1. The summed E-state index contributed by atoms with van der Waals surface area (Å²) in [7, 11) is 0. The molecule has 1 heterocycles. The van der Waals surface area contributed by atoms with E-state index in [-0.39, 0.29) is 5.91 Å². The van der Waals surface area contributed by atoms with Crippen LogP contribution in [-0.2, 0) is 0 Å². The van der Waals surface area contributed by atoms with Crippen molar-refractivity contribution in [1.29, 1.82) is 0 Å². The molecule has 0 fully saturated rings. The first kappa shape index (κ1) is 16.4. The third-order valence-corrected chi connectivity index (χ3v) is 3.98. The molecular weight excluding hydrogens is 296 g/mol. The van der Waals surface area contributed by atoms with E-state index < -0.39 is 0 Å². The van der Waals surface area contributed by atoms with Crippen LogP contribution in [0.5, 0.6) is 5.88 Å². The molecule has 5 heteroatoms. The first-order chi connectivity index (χ1) is 10.7. The molecule has 1 N–H and O–H groups in total. The van der Waals surface area contributed by atoms with E-state index in [1.165, 1.54) is 10.5 Å². The average molecular weight is 316 g/mol. The lowest BCUT2D eigenvalue weighted by atomic mass is 10.2. The van der Waals surface area contributed by atoms with Crippen molar-refractivity contribution in [3.63, 3.8) is 0 Å². The lowest BCUT2D eigenvalue weighted by Gasteiger charge is -2.07. The van der Waals surface area contributed by atoms with Crippen LogP contribution in [0, 0.1) is 6.92 Å². The number of benzene rings is 1. The summed E-state index contributed by atoms with van der Waals surface area (Å²) < 4.78 is 5.29. The normalized spacial score (nSPS) is 10.3. The third kappa shape index (κ3) is 5.07. The van der Waals surface area contributed by atoms with Crippen molar-refractivity contribution in [3.8, 4) is 5.88 Å². The summed E-state index contributed by atoms with van der Waals surface area (Å²) in [5, 5.41) is 2.91. The van der Waals surface area contributed by atoms with Gasteiger partial charge in [0, 0.05) is 35.0 Å². The Morgan fingerprint density at radius 1 is 1.27 bits per heavy atom. The molecule has 1 aromatic carbocycles. The van der Waals surface area contributed by atoms with Gasteiger partial charge in [0.05, 0.1) is 6.61 Å². The average Bonchev–Trinajstić information content (AvgIpc) is 2.53. The maximum absolute atomic E-state index is 12.1. The summed E-state index contributed by atoms with van der Waals surface area (Å²) in [6, 6.07) is 11.7. The fraction of sp³-hybridized carbons (Fsp3) is 0.294. The Morgan fingerprint density at radius 2 is 2.05 bits per heavy atom. The van der Waals surface area contributed by atoms with Gasteiger partial charge in [-0.15, -0.1) is 11.8 Å². The summed E-state index contributed by atoms with van der Waals surface area (Å²) in [4.78, 5) is 17.3. The van der Waals surface area contributed by atoms with Crippen LogP contribution in [0.1, 0.15) is 22.8 Å². The Morgan fingerprint density at radius 3 is 2.77 bits per heavy atom. The van der Waals surface area contributed by atoms with Crippen LogP contribution in [0.25, 0.3) is 0 Å². The number of thioether (sulfide) groups is 1. The Labute approximate surface area is 135 Å². The molecule has 0 saturated carbocycles. The number of carbonyl (C=O) groups excluding carboxylic acids is 1. The van der Waals surface area contributed by atoms with E-state index in [0.29, 0.717) is 24.6 Å². The first-order valence-corrected chi connectivity index (χ1v) is 8.24. The molecular formula is C17H20N2O2S. The summed E-state index contributed by atoms with van der Waals surface area (Å²) in [6.07, 6.45) is 1.58. The maximum atomic E-state index is 12.1. The second kappa shape index (κ2) is 8.44. The predicted molar refractivity (Wildman–Crippen MR) is 89.6 cm³/mol. The fourth-order valence-corrected chi connectivity index (χ4v) is 2.62. The number of nitrogens with zero attached hydrogens (tertiary/aromatic N) is 1. The second-order valence-electron chi connectivity index (χ2n) is 4.73. The van der Waals surface area contributed by atoms with Gasteiger partial charge in [0.25, 0.3) is 5.91 Å². The highest BCUT2D eigenvalue weighted by molar-refractivity contribution is 7.99. The van der Waals surface area contributed by atoms with E-state index in [9.17, 15) is 4.79 Å². The van der Waals surface area contributed by atoms with Crippen LogP contribution >= 0.6 is 11.8 Å². The van der Waals surface area contributed by atoms with Gasteiger partial charge >= 0.3 is 0 Å². The van der Waals surface area contributed by atoms with Crippen molar-refractivity contribution in [3.05, 3.63) is 53.7 Å². The van der Waals surface area contributed by atoms with Crippen molar-refractivity contribution in [2.24, 2.45) is 0 Å². The minimum absolute atomic E-state index is 0.104. The number of hydrogen-bond acceptors (Lipinski definition) is 4. The summed E-state index contributed by atoms with van der Waals surface area (Å²) in [5.74, 6) is 1.20. The zero-order valence-corrected chi connectivity index (χ0v) is 13.7. The largest absolute Gasteiger partial charge is 0.478 e. The molecule has 2 rings (SSSR count). The molecule has 22 heavy (non-hydrogen) atoms. The van der Waals surface area contributed by atoms with Gasteiger partial charge in [-0.3, -0.25) is 4.79 Å². The molecule has 1 amide bonds. The topological polar surface area (TPSA) is 51.2 Å². The molecule has 0 saturated heterocycles. The van der Waals surface area contributed by atoms with Crippen molar-refractivity contribution < 1.29 is 9.53 Å². The lowest BCUT2D eigenvalue weighted by Crippen LogP contribution is -2.25. The molecule has 2 aromatic rings. The van der Waals surface area contributed by atoms with Gasteiger partial charge in [-0.2, -0.15) is 0 Å². The number of nitrogens with one attached hydrogen (secondary N) is 1. The molecule has 1 aromatic heterocycles. The monoisotopic (exact) mass is 316 g/mol. The molecule has 0 spiro atoms. The summed E-state index contributed by atoms with van der Waals surface area (Å²) in [6.45, 7) is 5.10. The zero-order valence-electron chi connectivity index (χ0n) is 12.8. The Hall–Kier alpha value is -2.01. The summed E-state index contributed by atoms with van der Waals surface area (Å²) >= 11 is 1.73. The summed E-state index contributed by atoms with van der Waals surface area (Å²) in [5.41, 5.74) is 1.82. The van der Waals surface area contributed by atoms with E-state index >= 15 is 0 Å². The smallest absolute Gasteiger partial charge is 0.251 e. The number of aromatic nitrogens is 1. The first-order valence-electron chi connectivity index (χ1n) is 7.25. The van der Waals surface area contributed by atoms with Gasteiger partial charge in [-0.25, -0.2) is 4.98 Å². The number of aryl methyl sites for hydroxylation is 1. The molecule has 0 atom stereocenters. The number of rotatable bonds is 7. The van der Waals surface area contributed by atoms with E-state index in [2.05, 4.69) is 41.5 Å². The molecule has 116 valence electrons. The van der Waals surface area contributed by atoms with Crippen molar-refractivity contribution in [2.45, 2.75) is 18.7 Å². The van der Waals surface area contributed by atoms with Gasteiger partial charge < -0.3 is 10.1 Å². The second-order valence-corrected chi connectivity index (χ2v) is 5.90. The van der Waals surface area contributed by atoms with Crippen LogP contribution in [0.3, 0.4) is 0 Å². The number of carbonyl (C=O) groups is 1. The molecule has 0 radical (unpaired) electrons. The molecule has 0 bridgehead atoms. The quantitative estimate of drug-likeness (QED) is 0.629. The fourth-order valence-electron chi connectivity index (χ4n) is 1.85. The van der Waals surface area contributed by atoms with Crippen LogP contribution < -0.4 is 10.1 Å². The van der Waals surface area contributed by atoms with E-state index in [0.717, 1.165) is 5.75 Å². The van der Waals surface area contributed by atoms with Gasteiger partial charge in [0.15, 0.2) is 0 Å². The van der Waals surface area contributed by atoms with Crippen molar-refractivity contribution >= 4 is 17.7 Å². The highest BCUT2D eigenvalue weighted by Gasteiger charge is 2.06. The van der Waals surface area contributed by atoms with E-state index in [1.54, 1.807) is 30.1 Å². The minimum atomic E-state index is -0.104. The van der Waals surface area contributed by atoms with E-state index in [4.69, 9.17) is 4.74 Å². The molecule has 0 aliphatic heterocycles. The maximum Gasteiger partial charge on any atom is 0.251 e. The van der Waals surface area contributed by atoms with E-state index in [1.807, 2.05) is 6.92 Å². The van der Waals surface area contributed by atoms with Crippen molar-refractivity contribution in [1.82, 2.24) is 10.3 Å². The number of pyridine rings is 1. The Bertz CT molecular complexity index is 614.